The van der Waals surface area contributed by atoms with Gasteiger partial charge in [-0.25, -0.2) is 0 Å². The molecule has 0 unspecified atom stereocenters. The molecule has 2 aromatic rings. The Kier molecular flexibility index (Phi) is 7.44. The first-order chi connectivity index (χ1) is 14.4. The molecule has 1 saturated heterocycles. The van der Waals surface area contributed by atoms with Gasteiger partial charge in [0.05, 0.1) is 29.6 Å². The van der Waals surface area contributed by atoms with Crippen LogP contribution >= 0.6 is 27.7 Å². The van der Waals surface area contributed by atoms with Gasteiger partial charge >= 0.3 is 0 Å². The molecule has 0 radical (unpaired) electrons. The zero-order chi connectivity index (χ0) is 21.7. The molecule has 2 amide bonds. The number of thioether (sulfide) groups is 1. The van der Waals surface area contributed by atoms with E-state index in [0.29, 0.717) is 33.2 Å². The minimum atomic E-state index is -0.331. The Balaban J connectivity index is 1.70. The first-order valence-corrected chi connectivity index (χ1v) is 11.0. The summed E-state index contributed by atoms with van der Waals surface area (Å²) in [4.78, 5) is 26.6. The van der Waals surface area contributed by atoms with Crippen molar-refractivity contribution in [3.8, 4) is 17.2 Å². The first-order valence-electron chi connectivity index (χ1n) is 9.38. The highest BCUT2D eigenvalue weighted by molar-refractivity contribution is 9.10. The molecule has 6 nitrogen and oxygen atoms in total. The van der Waals surface area contributed by atoms with Crippen LogP contribution in [0.25, 0.3) is 6.08 Å². The minimum Gasteiger partial charge on any atom is -0.492 e. The molecule has 0 saturated carbocycles. The molecule has 3 rings (SSSR count). The smallest absolute Gasteiger partial charge is 0.293 e. The number of aryl methyl sites for hydroxylation is 1. The van der Waals surface area contributed by atoms with Crippen LogP contribution in [-0.2, 0) is 4.79 Å². The summed E-state index contributed by atoms with van der Waals surface area (Å²) >= 11 is 4.37. The summed E-state index contributed by atoms with van der Waals surface area (Å²) in [6.45, 7) is 4.77. The van der Waals surface area contributed by atoms with Gasteiger partial charge in [-0.15, -0.1) is 0 Å². The number of halogens is 1. The third-order valence-corrected chi connectivity index (χ3v) is 5.81. The Hall–Kier alpha value is -2.45. The highest BCUT2D eigenvalue weighted by Gasteiger charge is 2.34. The van der Waals surface area contributed by atoms with Crippen molar-refractivity contribution in [3.63, 3.8) is 0 Å². The van der Waals surface area contributed by atoms with Crippen molar-refractivity contribution >= 4 is 44.9 Å². The summed E-state index contributed by atoms with van der Waals surface area (Å²) in [7, 11) is 1.56. The van der Waals surface area contributed by atoms with E-state index in [2.05, 4.69) is 15.9 Å². The number of benzene rings is 2. The van der Waals surface area contributed by atoms with Gasteiger partial charge in [-0.1, -0.05) is 17.7 Å². The molecule has 1 aliphatic heterocycles. The maximum Gasteiger partial charge on any atom is 0.293 e. The second-order valence-corrected chi connectivity index (χ2v) is 8.31. The number of hydrogen-bond acceptors (Lipinski definition) is 6. The van der Waals surface area contributed by atoms with E-state index in [4.69, 9.17) is 14.2 Å². The molecular weight excluding hydrogens is 470 g/mol. The van der Waals surface area contributed by atoms with Gasteiger partial charge in [0, 0.05) is 0 Å². The third-order valence-electron chi connectivity index (χ3n) is 4.31. The summed E-state index contributed by atoms with van der Waals surface area (Å²) in [6.07, 6.45) is 1.68. The highest BCUT2D eigenvalue weighted by atomic mass is 79.9. The largest absolute Gasteiger partial charge is 0.492 e. The summed E-state index contributed by atoms with van der Waals surface area (Å²) in [6, 6.07) is 11.2. The Morgan fingerprint density at radius 1 is 1.13 bits per heavy atom. The number of methoxy groups -OCH3 is 1. The molecular formula is C22H22BrNO5S. The molecule has 1 fully saturated rings. The summed E-state index contributed by atoms with van der Waals surface area (Å²) in [5, 5.41) is -0.309. The number of amides is 2. The van der Waals surface area contributed by atoms with Crippen LogP contribution in [0.3, 0.4) is 0 Å². The maximum atomic E-state index is 12.7. The lowest BCUT2D eigenvalue weighted by Gasteiger charge is -2.13. The van der Waals surface area contributed by atoms with Crippen LogP contribution in [0.4, 0.5) is 4.79 Å². The van der Waals surface area contributed by atoms with Gasteiger partial charge in [0.1, 0.15) is 12.4 Å². The lowest BCUT2D eigenvalue weighted by molar-refractivity contribution is -0.123. The van der Waals surface area contributed by atoms with Crippen molar-refractivity contribution < 1.29 is 23.8 Å². The Morgan fingerprint density at radius 2 is 1.87 bits per heavy atom. The second kappa shape index (κ2) is 10.0. The maximum absolute atomic E-state index is 12.7. The fourth-order valence-electron chi connectivity index (χ4n) is 2.87. The van der Waals surface area contributed by atoms with Crippen LogP contribution in [0.5, 0.6) is 17.2 Å². The number of ether oxygens (including phenoxy) is 3. The lowest BCUT2D eigenvalue weighted by Crippen LogP contribution is -2.32. The van der Waals surface area contributed by atoms with Crippen molar-refractivity contribution in [2.24, 2.45) is 0 Å². The zero-order valence-electron chi connectivity index (χ0n) is 16.9. The zero-order valence-corrected chi connectivity index (χ0v) is 19.3. The second-order valence-electron chi connectivity index (χ2n) is 6.46. The fraction of sp³-hybridized carbons (Fsp3) is 0.273. The van der Waals surface area contributed by atoms with Gasteiger partial charge in [0.25, 0.3) is 11.1 Å². The van der Waals surface area contributed by atoms with E-state index in [1.165, 1.54) is 4.90 Å². The molecule has 1 aliphatic rings. The Morgan fingerprint density at radius 3 is 2.53 bits per heavy atom. The van der Waals surface area contributed by atoms with Crippen molar-refractivity contribution in [1.29, 1.82) is 0 Å². The third kappa shape index (κ3) is 5.17. The van der Waals surface area contributed by atoms with Crippen molar-refractivity contribution in [1.82, 2.24) is 4.90 Å². The number of rotatable bonds is 8. The number of hydrogen-bond donors (Lipinski definition) is 0. The van der Waals surface area contributed by atoms with Crippen LogP contribution in [0.1, 0.15) is 18.1 Å². The predicted octanol–water partition coefficient (Wildman–Crippen LogP) is 5.28. The molecule has 0 aliphatic carbocycles. The van der Waals surface area contributed by atoms with Gasteiger partial charge in [-0.05, 0) is 77.4 Å². The molecule has 8 heteroatoms. The standard InChI is InChI=1S/C22H22BrNO5S/c1-4-28-18-12-15(11-17(23)20(18)27-3)13-19-21(25)24(22(26)30-19)9-10-29-16-7-5-14(2)6-8-16/h5-8,11-13H,4,9-10H2,1-3H3/b19-13-. The fourth-order valence-corrected chi connectivity index (χ4v) is 4.35. The Labute approximate surface area is 188 Å². The van der Waals surface area contributed by atoms with Gasteiger partial charge in [-0.2, -0.15) is 0 Å². The number of carbonyl (C=O) groups is 2. The number of imide groups is 1. The van der Waals surface area contributed by atoms with Gasteiger partial charge < -0.3 is 14.2 Å². The van der Waals surface area contributed by atoms with Crippen LogP contribution in [-0.4, -0.2) is 42.9 Å². The normalized spacial score (nSPS) is 15.1. The van der Waals surface area contributed by atoms with Crippen LogP contribution in [0.2, 0.25) is 0 Å². The topological polar surface area (TPSA) is 65.1 Å². The SMILES string of the molecule is CCOc1cc(/C=C2\SC(=O)N(CCOc3ccc(C)cc3)C2=O)cc(Br)c1OC. The van der Waals surface area contributed by atoms with E-state index in [1.54, 1.807) is 19.3 Å². The van der Waals surface area contributed by atoms with Crippen LogP contribution < -0.4 is 14.2 Å². The van der Waals surface area contributed by atoms with E-state index in [9.17, 15) is 9.59 Å². The van der Waals surface area contributed by atoms with Crippen molar-refractivity contribution in [2.75, 3.05) is 26.9 Å². The lowest BCUT2D eigenvalue weighted by atomic mass is 10.2. The van der Waals surface area contributed by atoms with E-state index in [-0.39, 0.29) is 24.3 Å². The number of carbonyl (C=O) groups excluding carboxylic acids is 2. The average Bonchev–Trinajstić information content (AvgIpc) is 2.97. The van der Waals surface area contributed by atoms with E-state index < -0.39 is 0 Å². The summed E-state index contributed by atoms with van der Waals surface area (Å²) in [5.41, 5.74) is 1.86. The molecule has 0 N–H and O–H groups in total. The van der Waals surface area contributed by atoms with Gasteiger partial charge in [-0.3, -0.25) is 14.5 Å². The molecule has 2 aromatic carbocycles. The van der Waals surface area contributed by atoms with Crippen molar-refractivity contribution in [3.05, 3.63) is 56.9 Å². The molecule has 0 bridgehead atoms. The molecule has 30 heavy (non-hydrogen) atoms. The van der Waals surface area contributed by atoms with E-state index >= 15 is 0 Å². The van der Waals surface area contributed by atoms with Gasteiger partial charge in [0.15, 0.2) is 11.5 Å². The molecule has 0 spiro atoms. The summed E-state index contributed by atoms with van der Waals surface area (Å²) in [5.74, 6) is 1.51. The molecule has 158 valence electrons. The van der Waals surface area contributed by atoms with Crippen molar-refractivity contribution in [2.45, 2.75) is 13.8 Å². The molecule has 0 atom stereocenters. The number of nitrogens with zero attached hydrogens (tertiary/aromatic N) is 1. The first kappa shape index (κ1) is 22.2. The predicted molar refractivity (Wildman–Crippen MR) is 121 cm³/mol. The van der Waals surface area contributed by atoms with Crippen LogP contribution in [0.15, 0.2) is 45.8 Å². The molecule has 1 heterocycles. The monoisotopic (exact) mass is 491 g/mol. The minimum absolute atomic E-state index is 0.187. The van der Waals surface area contributed by atoms with E-state index in [0.717, 1.165) is 22.9 Å². The highest BCUT2D eigenvalue weighted by Crippen LogP contribution is 2.39. The summed E-state index contributed by atoms with van der Waals surface area (Å²) < 4.78 is 17.3. The van der Waals surface area contributed by atoms with E-state index in [1.807, 2.05) is 44.2 Å². The quantitative estimate of drug-likeness (QED) is 0.468. The Bertz CT molecular complexity index is 974. The molecule has 0 aromatic heterocycles. The van der Waals surface area contributed by atoms with Crippen LogP contribution in [0, 0.1) is 6.92 Å². The average molecular weight is 492 g/mol. The van der Waals surface area contributed by atoms with Gasteiger partial charge in [0.2, 0.25) is 0 Å².